The summed E-state index contributed by atoms with van der Waals surface area (Å²) in [6, 6.07) is 81.1. The fourth-order valence-electron chi connectivity index (χ4n) is 8.17. The third kappa shape index (κ3) is 6.58. The first-order chi connectivity index (χ1) is 28.2. The van der Waals surface area contributed by atoms with Crippen molar-refractivity contribution in [2.75, 3.05) is 4.90 Å². The van der Waals surface area contributed by atoms with Gasteiger partial charge in [0.05, 0.1) is 11.0 Å². The number of para-hydroxylation sites is 2. The number of hydrogen-bond donors (Lipinski definition) is 0. The van der Waals surface area contributed by atoms with Crippen molar-refractivity contribution < 1.29 is 0 Å². The number of aryl methyl sites for hydroxylation is 1. The van der Waals surface area contributed by atoms with Crippen molar-refractivity contribution in [1.29, 1.82) is 0 Å². The SMILES string of the molecule is Cc1cccc(N(c2ccc(-c3ccccc3)cc2)c2ccc(-c3ccc(-c4ccc(-c5ccc6c(c5)c5ccccc5n6-c5ccccc5)cc4)cc3)cc2)c1. The number of fused-ring (bicyclic) bond motifs is 3. The zero-order valence-electron chi connectivity index (χ0n) is 31.8. The van der Waals surface area contributed by atoms with Gasteiger partial charge in [-0.05, 0) is 124 Å². The summed E-state index contributed by atoms with van der Waals surface area (Å²) in [6.45, 7) is 2.15. The van der Waals surface area contributed by atoms with Crippen molar-refractivity contribution in [1.82, 2.24) is 4.57 Å². The predicted octanol–water partition coefficient (Wildman–Crippen LogP) is 15.2. The highest BCUT2D eigenvalue weighted by atomic mass is 15.1. The molecule has 0 atom stereocenters. The van der Waals surface area contributed by atoms with E-state index in [1.807, 2.05) is 0 Å². The summed E-state index contributed by atoms with van der Waals surface area (Å²) in [5.74, 6) is 0. The molecule has 0 fully saturated rings. The van der Waals surface area contributed by atoms with E-state index in [2.05, 4.69) is 241 Å². The minimum atomic E-state index is 1.12. The van der Waals surface area contributed by atoms with Crippen LogP contribution in [0.3, 0.4) is 0 Å². The van der Waals surface area contributed by atoms with E-state index < -0.39 is 0 Å². The molecule has 0 aliphatic carbocycles. The largest absolute Gasteiger partial charge is 0.310 e. The fraction of sp³-hybridized carbons (Fsp3) is 0.0182. The highest BCUT2D eigenvalue weighted by molar-refractivity contribution is 6.10. The number of hydrogen-bond acceptors (Lipinski definition) is 1. The zero-order valence-corrected chi connectivity index (χ0v) is 31.8. The monoisotopic (exact) mass is 728 g/mol. The van der Waals surface area contributed by atoms with E-state index in [1.165, 1.54) is 77.6 Å². The van der Waals surface area contributed by atoms with Crippen molar-refractivity contribution in [3.63, 3.8) is 0 Å². The van der Waals surface area contributed by atoms with E-state index >= 15 is 0 Å². The van der Waals surface area contributed by atoms with Gasteiger partial charge in [0.1, 0.15) is 0 Å². The van der Waals surface area contributed by atoms with Gasteiger partial charge in [-0.15, -0.1) is 0 Å². The van der Waals surface area contributed by atoms with Crippen LogP contribution in [0.2, 0.25) is 0 Å². The molecule has 57 heavy (non-hydrogen) atoms. The quantitative estimate of drug-likeness (QED) is 0.151. The van der Waals surface area contributed by atoms with Gasteiger partial charge in [-0.3, -0.25) is 0 Å². The molecular formula is C55H40N2. The normalized spacial score (nSPS) is 11.2. The average Bonchev–Trinajstić information content (AvgIpc) is 3.61. The lowest BCUT2D eigenvalue weighted by Gasteiger charge is -2.26. The third-order valence-electron chi connectivity index (χ3n) is 11.1. The Bertz CT molecular complexity index is 2960. The molecule has 10 rings (SSSR count). The van der Waals surface area contributed by atoms with Crippen LogP contribution in [0.4, 0.5) is 17.1 Å². The van der Waals surface area contributed by atoms with E-state index in [4.69, 9.17) is 0 Å². The molecule has 0 aliphatic heterocycles. The molecule has 0 saturated carbocycles. The minimum Gasteiger partial charge on any atom is -0.310 e. The first kappa shape index (κ1) is 34.1. The van der Waals surface area contributed by atoms with Gasteiger partial charge in [-0.1, -0.05) is 158 Å². The lowest BCUT2D eigenvalue weighted by molar-refractivity contribution is 1.18. The summed E-state index contributed by atoms with van der Waals surface area (Å²) in [7, 11) is 0. The molecule has 0 unspecified atom stereocenters. The van der Waals surface area contributed by atoms with Crippen LogP contribution in [0, 0.1) is 6.92 Å². The van der Waals surface area contributed by atoms with E-state index in [0.29, 0.717) is 0 Å². The van der Waals surface area contributed by atoms with Gasteiger partial charge in [0.2, 0.25) is 0 Å². The van der Waals surface area contributed by atoms with Gasteiger partial charge in [-0.25, -0.2) is 0 Å². The summed E-state index contributed by atoms with van der Waals surface area (Å²) >= 11 is 0. The fourth-order valence-corrected chi connectivity index (χ4v) is 8.17. The van der Waals surface area contributed by atoms with Gasteiger partial charge >= 0.3 is 0 Å². The highest BCUT2D eigenvalue weighted by Gasteiger charge is 2.15. The van der Waals surface area contributed by atoms with Gasteiger partial charge in [0, 0.05) is 33.5 Å². The van der Waals surface area contributed by atoms with E-state index in [-0.39, 0.29) is 0 Å². The Morgan fingerprint density at radius 2 is 0.737 bits per heavy atom. The van der Waals surface area contributed by atoms with Crippen molar-refractivity contribution in [2.45, 2.75) is 6.92 Å². The van der Waals surface area contributed by atoms with Crippen LogP contribution >= 0.6 is 0 Å². The molecule has 9 aromatic carbocycles. The summed E-state index contributed by atoms with van der Waals surface area (Å²) in [5.41, 5.74) is 17.9. The minimum absolute atomic E-state index is 1.12. The first-order valence-electron chi connectivity index (χ1n) is 19.6. The van der Waals surface area contributed by atoms with Crippen LogP contribution in [0.1, 0.15) is 5.56 Å². The molecule has 0 saturated heterocycles. The van der Waals surface area contributed by atoms with Gasteiger partial charge < -0.3 is 9.47 Å². The lowest BCUT2D eigenvalue weighted by Crippen LogP contribution is -2.10. The molecule has 0 aliphatic rings. The maximum atomic E-state index is 2.36. The van der Waals surface area contributed by atoms with Crippen molar-refractivity contribution >= 4 is 38.9 Å². The molecule has 1 heterocycles. The van der Waals surface area contributed by atoms with E-state index in [9.17, 15) is 0 Å². The molecule has 0 spiro atoms. The van der Waals surface area contributed by atoms with E-state index in [1.54, 1.807) is 0 Å². The Morgan fingerprint density at radius 1 is 0.298 bits per heavy atom. The molecule has 0 amide bonds. The average molecular weight is 729 g/mol. The topological polar surface area (TPSA) is 8.17 Å². The highest BCUT2D eigenvalue weighted by Crippen LogP contribution is 2.38. The molecule has 2 nitrogen and oxygen atoms in total. The summed E-state index contributed by atoms with van der Waals surface area (Å²) in [4.78, 5) is 2.33. The standard InChI is InChI=1S/C55H40N2/c1-39-11-10-16-51(37-39)56(49-32-27-44(28-33-49)40-12-4-2-5-13-40)50-34-29-45(30-35-50)43-21-19-41(20-22-43)42-23-25-46(26-24-42)47-31-36-55-53(38-47)52-17-8-9-18-54(52)57(55)48-14-6-3-7-15-48/h2-38H,1H3. The van der Waals surface area contributed by atoms with Crippen molar-refractivity contribution in [3.8, 4) is 50.2 Å². The van der Waals surface area contributed by atoms with E-state index in [0.717, 1.165) is 17.1 Å². The Morgan fingerprint density at radius 3 is 1.30 bits per heavy atom. The third-order valence-corrected chi connectivity index (χ3v) is 11.1. The number of nitrogens with zero attached hydrogens (tertiary/aromatic N) is 2. The van der Waals surface area contributed by atoms with Crippen LogP contribution < -0.4 is 4.90 Å². The Balaban J connectivity index is 0.897. The predicted molar refractivity (Wildman–Crippen MR) is 242 cm³/mol. The number of benzene rings is 9. The maximum absolute atomic E-state index is 2.36. The van der Waals surface area contributed by atoms with Crippen LogP contribution in [-0.2, 0) is 0 Å². The molecule has 0 N–H and O–H groups in total. The van der Waals surface area contributed by atoms with Crippen molar-refractivity contribution in [3.05, 3.63) is 230 Å². The van der Waals surface area contributed by atoms with Crippen molar-refractivity contribution in [2.24, 2.45) is 0 Å². The van der Waals surface area contributed by atoms with Crippen LogP contribution in [0.15, 0.2) is 224 Å². The summed E-state index contributed by atoms with van der Waals surface area (Å²) < 4.78 is 2.36. The second-order valence-corrected chi connectivity index (χ2v) is 14.7. The molecule has 0 radical (unpaired) electrons. The Labute approximate surface area is 334 Å². The smallest absolute Gasteiger partial charge is 0.0541 e. The maximum Gasteiger partial charge on any atom is 0.0541 e. The molecule has 270 valence electrons. The second-order valence-electron chi connectivity index (χ2n) is 14.7. The number of aromatic nitrogens is 1. The first-order valence-corrected chi connectivity index (χ1v) is 19.6. The van der Waals surface area contributed by atoms with Crippen LogP contribution in [0.25, 0.3) is 72.0 Å². The number of rotatable bonds is 8. The number of anilines is 3. The Kier molecular flexibility index (Phi) is 8.78. The molecule has 0 bridgehead atoms. The Hall–Kier alpha value is -7.42. The summed E-state index contributed by atoms with van der Waals surface area (Å²) in [6.07, 6.45) is 0. The van der Waals surface area contributed by atoms with Crippen LogP contribution in [0.5, 0.6) is 0 Å². The van der Waals surface area contributed by atoms with Gasteiger partial charge in [-0.2, -0.15) is 0 Å². The molecule has 2 heteroatoms. The molecule has 1 aromatic heterocycles. The zero-order chi connectivity index (χ0) is 38.1. The van der Waals surface area contributed by atoms with Crippen LogP contribution in [-0.4, -0.2) is 4.57 Å². The van der Waals surface area contributed by atoms with Gasteiger partial charge in [0.15, 0.2) is 0 Å². The lowest BCUT2D eigenvalue weighted by atomic mass is 9.97. The molecule has 10 aromatic rings. The molecular weight excluding hydrogens is 689 g/mol. The summed E-state index contributed by atoms with van der Waals surface area (Å²) in [5, 5.41) is 2.53. The second kappa shape index (κ2) is 14.7. The van der Waals surface area contributed by atoms with Gasteiger partial charge in [0.25, 0.3) is 0 Å².